The summed E-state index contributed by atoms with van der Waals surface area (Å²) in [6.07, 6.45) is 1.83. The smallest absolute Gasteiger partial charge is 0.188 e. The van der Waals surface area contributed by atoms with Gasteiger partial charge in [-0.25, -0.2) is 0 Å². The van der Waals surface area contributed by atoms with Crippen LogP contribution in [0.5, 0.6) is 11.5 Å². The average Bonchev–Trinajstić information content (AvgIpc) is 2.40. The van der Waals surface area contributed by atoms with Gasteiger partial charge in [0.05, 0.1) is 7.11 Å². The molecule has 1 aromatic carbocycles. The molecular formula is C15H26IN3O2. The lowest BCUT2D eigenvalue weighted by Crippen LogP contribution is -2.33. The Morgan fingerprint density at radius 2 is 2.14 bits per heavy atom. The number of rotatable bonds is 7. The molecule has 0 aromatic heterocycles. The zero-order chi connectivity index (χ0) is 15.0. The molecule has 1 aromatic rings. The number of hydrogen-bond donors (Lipinski definition) is 3. The van der Waals surface area contributed by atoms with E-state index >= 15 is 0 Å². The minimum Gasteiger partial charge on any atom is -0.504 e. The van der Waals surface area contributed by atoms with Gasteiger partial charge in [0.25, 0.3) is 0 Å². The molecule has 0 fully saturated rings. The fraction of sp³-hybridized carbons (Fsp3) is 0.533. The van der Waals surface area contributed by atoms with Crippen molar-refractivity contribution in [2.75, 3.05) is 20.2 Å². The van der Waals surface area contributed by atoms with Gasteiger partial charge in [0.15, 0.2) is 17.5 Å². The Morgan fingerprint density at radius 1 is 1.43 bits per heavy atom. The second-order valence-electron chi connectivity index (χ2n) is 5.13. The lowest BCUT2D eigenvalue weighted by molar-refractivity contribution is 0.373. The minimum absolute atomic E-state index is 0. The van der Waals surface area contributed by atoms with Crippen LogP contribution in [0, 0.1) is 5.92 Å². The van der Waals surface area contributed by atoms with Gasteiger partial charge in [-0.2, -0.15) is 0 Å². The highest BCUT2D eigenvalue weighted by molar-refractivity contribution is 14.0. The van der Waals surface area contributed by atoms with Crippen LogP contribution in [0.1, 0.15) is 25.8 Å². The van der Waals surface area contributed by atoms with Crippen LogP contribution in [0.2, 0.25) is 0 Å². The molecule has 0 saturated heterocycles. The third-order valence-corrected chi connectivity index (χ3v) is 2.95. The van der Waals surface area contributed by atoms with Crippen LogP contribution < -0.4 is 15.8 Å². The van der Waals surface area contributed by atoms with Crippen molar-refractivity contribution >= 4 is 29.9 Å². The summed E-state index contributed by atoms with van der Waals surface area (Å²) >= 11 is 0. The highest BCUT2D eigenvalue weighted by Crippen LogP contribution is 2.26. The fourth-order valence-electron chi connectivity index (χ4n) is 1.71. The number of methoxy groups -OCH3 is 1. The zero-order valence-corrected chi connectivity index (χ0v) is 15.3. The van der Waals surface area contributed by atoms with Gasteiger partial charge in [-0.05, 0) is 36.5 Å². The van der Waals surface area contributed by atoms with Crippen molar-refractivity contribution in [2.45, 2.75) is 26.7 Å². The van der Waals surface area contributed by atoms with E-state index in [4.69, 9.17) is 10.5 Å². The maximum Gasteiger partial charge on any atom is 0.188 e. The van der Waals surface area contributed by atoms with Gasteiger partial charge in [0, 0.05) is 13.1 Å². The number of guanidine groups is 1. The summed E-state index contributed by atoms with van der Waals surface area (Å²) in [5.41, 5.74) is 6.85. The van der Waals surface area contributed by atoms with E-state index < -0.39 is 0 Å². The molecule has 5 nitrogen and oxygen atoms in total. The summed E-state index contributed by atoms with van der Waals surface area (Å²) < 4.78 is 5.07. The molecule has 0 saturated carbocycles. The van der Waals surface area contributed by atoms with Crippen LogP contribution in [-0.2, 0) is 6.42 Å². The van der Waals surface area contributed by atoms with Gasteiger partial charge in [-0.15, -0.1) is 24.0 Å². The number of nitrogens with two attached hydrogens (primary N) is 1. The first-order valence-corrected chi connectivity index (χ1v) is 6.92. The topological polar surface area (TPSA) is 79.9 Å². The molecule has 0 atom stereocenters. The van der Waals surface area contributed by atoms with E-state index in [0.717, 1.165) is 24.9 Å². The summed E-state index contributed by atoms with van der Waals surface area (Å²) in [6, 6.07) is 5.32. The number of aliphatic imine (C=N–C) groups is 1. The van der Waals surface area contributed by atoms with Gasteiger partial charge < -0.3 is 20.9 Å². The van der Waals surface area contributed by atoms with Crippen molar-refractivity contribution < 1.29 is 9.84 Å². The normalized spacial score (nSPS) is 11.1. The molecule has 0 spiro atoms. The summed E-state index contributed by atoms with van der Waals surface area (Å²) in [6.45, 7) is 5.78. The molecule has 0 amide bonds. The third kappa shape index (κ3) is 7.99. The van der Waals surface area contributed by atoms with Crippen molar-refractivity contribution in [1.82, 2.24) is 5.32 Å². The van der Waals surface area contributed by atoms with Gasteiger partial charge >= 0.3 is 0 Å². The molecule has 1 rings (SSSR count). The third-order valence-electron chi connectivity index (χ3n) is 2.95. The molecule has 0 aliphatic heterocycles. The number of benzene rings is 1. The highest BCUT2D eigenvalue weighted by Gasteiger charge is 2.02. The molecule has 0 aliphatic rings. The number of phenolic OH excluding ortho intramolecular Hbond substituents is 1. The molecular weight excluding hydrogens is 381 g/mol. The molecule has 0 unspecified atom stereocenters. The Kier molecular flexibility index (Phi) is 9.94. The Morgan fingerprint density at radius 3 is 2.76 bits per heavy atom. The zero-order valence-electron chi connectivity index (χ0n) is 12.9. The van der Waals surface area contributed by atoms with Gasteiger partial charge in [0.2, 0.25) is 0 Å². The molecule has 0 radical (unpaired) electrons. The lowest BCUT2D eigenvalue weighted by Gasteiger charge is -2.08. The van der Waals surface area contributed by atoms with Crippen molar-refractivity contribution in [1.29, 1.82) is 0 Å². The fourth-order valence-corrected chi connectivity index (χ4v) is 1.71. The lowest BCUT2D eigenvalue weighted by atomic mass is 10.1. The molecule has 21 heavy (non-hydrogen) atoms. The molecule has 6 heteroatoms. The van der Waals surface area contributed by atoms with E-state index in [1.807, 2.05) is 12.1 Å². The van der Waals surface area contributed by atoms with Crippen LogP contribution in [-0.4, -0.2) is 31.3 Å². The molecule has 0 bridgehead atoms. The summed E-state index contributed by atoms with van der Waals surface area (Å²) in [4.78, 5) is 4.26. The van der Waals surface area contributed by atoms with Gasteiger partial charge in [-0.1, -0.05) is 19.9 Å². The molecule has 4 N–H and O–H groups in total. The number of aromatic hydroxyl groups is 1. The quantitative estimate of drug-likeness (QED) is 0.369. The van der Waals surface area contributed by atoms with E-state index in [-0.39, 0.29) is 29.7 Å². The Labute approximate surface area is 144 Å². The number of halogens is 1. The maximum absolute atomic E-state index is 9.51. The van der Waals surface area contributed by atoms with E-state index in [1.54, 1.807) is 6.07 Å². The highest BCUT2D eigenvalue weighted by atomic mass is 127. The number of ether oxygens (including phenoxy) is 1. The summed E-state index contributed by atoms with van der Waals surface area (Å²) in [5.74, 6) is 1.76. The van der Waals surface area contributed by atoms with E-state index in [2.05, 4.69) is 24.2 Å². The second kappa shape index (κ2) is 10.5. The number of phenols is 1. The summed E-state index contributed by atoms with van der Waals surface area (Å²) in [7, 11) is 1.54. The second-order valence-corrected chi connectivity index (χ2v) is 5.13. The maximum atomic E-state index is 9.51. The van der Waals surface area contributed by atoms with Crippen molar-refractivity contribution in [2.24, 2.45) is 16.6 Å². The van der Waals surface area contributed by atoms with Crippen molar-refractivity contribution in [3.05, 3.63) is 23.8 Å². The van der Waals surface area contributed by atoms with Crippen molar-refractivity contribution in [3.8, 4) is 11.5 Å². The monoisotopic (exact) mass is 407 g/mol. The number of hydrogen-bond acceptors (Lipinski definition) is 3. The van der Waals surface area contributed by atoms with Crippen LogP contribution in [0.4, 0.5) is 0 Å². The van der Waals surface area contributed by atoms with E-state index in [9.17, 15) is 5.11 Å². The molecule has 120 valence electrons. The first-order chi connectivity index (χ1) is 9.52. The first-order valence-electron chi connectivity index (χ1n) is 6.92. The first kappa shape index (κ1) is 19.8. The van der Waals surface area contributed by atoms with Gasteiger partial charge in [0.1, 0.15) is 0 Å². The summed E-state index contributed by atoms with van der Waals surface area (Å²) in [5, 5.41) is 12.6. The SMILES string of the molecule is COc1cc(CCNC(N)=NCCC(C)C)ccc1O.I. The van der Waals surface area contributed by atoms with E-state index in [0.29, 0.717) is 24.2 Å². The largest absolute Gasteiger partial charge is 0.504 e. The van der Waals surface area contributed by atoms with Crippen LogP contribution >= 0.6 is 24.0 Å². The van der Waals surface area contributed by atoms with Crippen molar-refractivity contribution in [3.63, 3.8) is 0 Å². The Hall–Kier alpha value is -1.18. The average molecular weight is 407 g/mol. The Balaban J connectivity index is 0.00000400. The minimum atomic E-state index is 0. The van der Waals surface area contributed by atoms with Crippen LogP contribution in [0.15, 0.2) is 23.2 Å². The van der Waals surface area contributed by atoms with E-state index in [1.165, 1.54) is 7.11 Å². The molecule has 0 heterocycles. The predicted molar refractivity (Wildman–Crippen MR) is 97.7 cm³/mol. The standard InChI is InChI=1S/C15H25N3O2.HI/c1-11(2)6-8-17-15(16)18-9-7-12-4-5-13(19)14(10-12)20-3;/h4-5,10-11,19H,6-9H2,1-3H3,(H3,16,17,18);1H. The molecule has 0 aliphatic carbocycles. The number of nitrogens with one attached hydrogen (secondary N) is 1. The Bertz CT molecular complexity index is 451. The number of nitrogens with zero attached hydrogens (tertiary/aromatic N) is 1. The van der Waals surface area contributed by atoms with Crippen LogP contribution in [0.25, 0.3) is 0 Å². The van der Waals surface area contributed by atoms with Gasteiger partial charge in [-0.3, -0.25) is 4.99 Å². The van der Waals surface area contributed by atoms with Crippen LogP contribution in [0.3, 0.4) is 0 Å². The predicted octanol–water partition coefficient (Wildman–Crippen LogP) is 2.51.